The first-order valence-corrected chi connectivity index (χ1v) is 6.27. The Kier molecular flexibility index (Phi) is 4.47. The molecule has 4 heteroatoms. The van der Waals surface area contributed by atoms with E-state index in [-0.39, 0.29) is 12.4 Å². The van der Waals surface area contributed by atoms with Gasteiger partial charge in [-0.25, -0.2) is 4.39 Å². The molecule has 1 N–H and O–H groups in total. The van der Waals surface area contributed by atoms with Gasteiger partial charge in [0, 0.05) is 36.7 Å². The van der Waals surface area contributed by atoms with Crippen molar-refractivity contribution < 1.29 is 9.50 Å². The zero-order valence-electron chi connectivity index (χ0n) is 10.9. The summed E-state index contributed by atoms with van der Waals surface area (Å²) in [6.07, 6.45) is 3.50. The molecule has 3 nitrogen and oxygen atoms in total. The van der Waals surface area contributed by atoms with Crippen LogP contribution in [-0.4, -0.2) is 16.6 Å². The number of nitrogens with zero attached hydrogens (tertiary/aromatic N) is 2. The van der Waals surface area contributed by atoms with Gasteiger partial charge in [-0.1, -0.05) is 0 Å². The van der Waals surface area contributed by atoms with Gasteiger partial charge in [-0.3, -0.25) is 4.98 Å². The maximum Gasteiger partial charge on any atom is 0.123 e. The normalized spacial score (nSPS) is 10.5. The summed E-state index contributed by atoms with van der Waals surface area (Å²) >= 11 is 0. The Labute approximate surface area is 112 Å². The fraction of sp³-hybridized carbons (Fsp3) is 0.267. The molecule has 2 rings (SSSR count). The first-order valence-electron chi connectivity index (χ1n) is 6.27. The molecule has 0 spiro atoms. The second-order valence-electron chi connectivity index (χ2n) is 4.30. The van der Waals surface area contributed by atoms with Gasteiger partial charge in [0.15, 0.2) is 0 Å². The van der Waals surface area contributed by atoms with Crippen LogP contribution in [0.4, 0.5) is 10.1 Å². The van der Waals surface area contributed by atoms with Crippen LogP contribution >= 0.6 is 0 Å². The number of aliphatic hydroxyl groups excluding tert-OH is 1. The molecule has 2 aromatic rings. The van der Waals surface area contributed by atoms with E-state index in [0.29, 0.717) is 12.1 Å². The lowest BCUT2D eigenvalue weighted by Crippen LogP contribution is -2.23. The molecule has 19 heavy (non-hydrogen) atoms. The highest BCUT2D eigenvalue weighted by molar-refractivity contribution is 5.53. The molecule has 0 saturated heterocycles. The Morgan fingerprint density at radius 2 is 1.95 bits per heavy atom. The summed E-state index contributed by atoms with van der Waals surface area (Å²) in [4.78, 5) is 6.09. The van der Waals surface area contributed by atoms with Gasteiger partial charge in [0.1, 0.15) is 5.82 Å². The molecule has 0 aliphatic rings. The van der Waals surface area contributed by atoms with E-state index in [0.717, 1.165) is 17.8 Å². The van der Waals surface area contributed by atoms with Crippen LogP contribution in [0.25, 0.3) is 0 Å². The molecule has 100 valence electrons. The second-order valence-corrected chi connectivity index (χ2v) is 4.30. The Morgan fingerprint density at radius 1 is 1.21 bits per heavy atom. The number of aromatic nitrogens is 1. The van der Waals surface area contributed by atoms with Gasteiger partial charge in [0.25, 0.3) is 0 Å². The molecule has 0 aliphatic heterocycles. The Bertz CT molecular complexity index is 531. The van der Waals surface area contributed by atoms with Crippen molar-refractivity contribution >= 4 is 5.69 Å². The first kappa shape index (κ1) is 13.5. The summed E-state index contributed by atoms with van der Waals surface area (Å²) in [5.74, 6) is -0.326. The monoisotopic (exact) mass is 260 g/mol. The van der Waals surface area contributed by atoms with Crippen molar-refractivity contribution in [3.63, 3.8) is 0 Å². The van der Waals surface area contributed by atoms with Gasteiger partial charge in [-0.05, 0) is 42.8 Å². The van der Waals surface area contributed by atoms with E-state index in [9.17, 15) is 9.50 Å². The van der Waals surface area contributed by atoms with Crippen LogP contribution in [0.1, 0.15) is 18.1 Å². The van der Waals surface area contributed by atoms with E-state index in [4.69, 9.17) is 0 Å². The van der Waals surface area contributed by atoms with Crippen molar-refractivity contribution in [1.29, 1.82) is 0 Å². The number of aliphatic hydroxyl groups is 1. The minimum atomic E-state index is -0.326. The van der Waals surface area contributed by atoms with E-state index in [1.165, 1.54) is 12.1 Å². The van der Waals surface area contributed by atoms with Crippen LogP contribution in [0.5, 0.6) is 0 Å². The smallest absolute Gasteiger partial charge is 0.123 e. The third-order valence-corrected chi connectivity index (χ3v) is 3.06. The van der Waals surface area contributed by atoms with E-state index < -0.39 is 0 Å². The van der Waals surface area contributed by atoms with Gasteiger partial charge in [0.05, 0.1) is 6.61 Å². The predicted octanol–water partition coefficient (Wildman–Crippen LogP) is 2.74. The van der Waals surface area contributed by atoms with E-state index in [1.807, 2.05) is 19.1 Å². The largest absolute Gasteiger partial charge is 0.392 e. The molecule has 0 radical (unpaired) electrons. The van der Waals surface area contributed by atoms with Crippen LogP contribution < -0.4 is 4.90 Å². The zero-order valence-corrected chi connectivity index (χ0v) is 10.9. The summed E-state index contributed by atoms with van der Waals surface area (Å²) in [5, 5.41) is 9.35. The summed E-state index contributed by atoms with van der Waals surface area (Å²) in [7, 11) is 0. The standard InChI is InChI=1S/C15H17FN2O/c1-2-18(10-12-5-7-17-8-6-12)15-4-3-14(16)9-13(15)11-19/h3-9,19H,2,10-11H2,1H3. The van der Waals surface area contributed by atoms with E-state index in [1.54, 1.807) is 18.5 Å². The van der Waals surface area contributed by atoms with Gasteiger partial charge in [-0.15, -0.1) is 0 Å². The Balaban J connectivity index is 2.27. The maximum atomic E-state index is 13.2. The summed E-state index contributed by atoms with van der Waals surface area (Å²) < 4.78 is 13.2. The zero-order chi connectivity index (χ0) is 13.7. The SMILES string of the molecule is CCN(Cc1ccncc1)c1ccc(F)cc1CO. The third kappa shape index (κ3) is 3.29. The van der Waals surface area contributed by atoms with Crippen LogP contribution in [-0.2, 0) is 13.2 Å². The molecule has 0 atom stereocenters. The van der Waals surface area contributed by atoms with Crippen LogP contribution in [0.3, 0.4) is 0 Å². The van der Waals surface area contributed by atoms with Crippen molar-refractivity contribution in [2.45, 2.75) is 20.1 Å². The molecule has 0 aliphatic carbocycles. The number of hydrogen-bond donors (Lipinski definition) is 1. The minimum Gasteiger partial charge on any atom is -0.392 e. The van der Waals surface area contributed by atoms with Crippen LogP contribution in [0.2, 0.25) is 0 Å². The molecule has 1 aromatic heterocycles. The van der Waals surface area contributed by atoms with Crippen molar-refractivity contribution in [2.75, 3.05) is 11.4 Å². The Hall–Kier alpha value is -1.94. The lowest BCUT2D eigenvalue weighted by molar-refractivity contribution is 0.281. The number of benzene rings is 1. The quantitative estimate of drug-likeness (QED) is 0.898. The predicted molar refractivity (Wildman–Crippen MR) is 73.3 cm³/mol. The molecule has 1 heterocycles. The molecule has 0 amide bonds. The highest BCUT2D eigenvalue weighted by Crippen LogP contribution is 2.23. The van der Waals surface area contributed by atoms with Crippen LogP contribution in [0.15, 0.2) is 42.7 Å². The van der Waals surface area contributed by atoms with Crippen molar-refractivity contribution in [1.82, 2.24) is 4.98 Å². The lowest BCUT2D eigenvalue weighted by Gasteiger charge is -2.25. The van der Waals surface area contributed by atoms with E-state index in [2.05, 4.69) is 9.88 Å². The summed E-state index contributed by atoms with van der Waals surface area (Å²) in [6.45, 7) is 3.35. The fourth-order valence-corrected chi connectivity index (χ4v) is 2.07. The van der Waals surface area contributed by atoms with Gasteiger partial charge in [-0.2, -0.15) is 0 Å². The number of halogens is 1. The molecule has 0 fully saturated rings. The minimum absolute atomic E-state index is 0.167. The lowest BCUT2D eigenvalue weighted by atomic mass is 10.1. The van der Waals surface area contributed by atoms with Gasteiger partial charge < -0.3 is 10.0 Å². The Morgan fingerprint density at radius 3 is 2.58 bits per heavy atom. The van der Waals surface area contributed by atoms with Gasteiger partial charge >= 0.3 is 0 Å². The molecule has 0 unspecified atom stereocenters. The van der Waals surface area contributed by atoms with Crippen molar-refractivity contribution in [3.8, 4) is 0 Å². The molecule has 0 bridgehead atoms. The molecular formula is C15H17FN2O. The number of pyridine rings is 1. The van der Waals surface area contributed by atoms with E-state index >= 15 is 0 Å². The second kappa shape index (κ2) is 6.29. The molecule has 0 saturated carbocycles. The average molecular weight is 260 g/mol. The number of rotatable bonds is 5. The number of hydrogen-bond acceptors (Lipinski definition) is 3. The highest BCUT2D eigenvalue weighted by atomic mass is 19.1. The summed E-state index contributed by atoms with van der Waals surface area (Å²) in [6, 6.07) is 8.41. The fourth-order valence-electron chi connectivity index (χ4n) is 2.07. The topological polar surface area (TPSA) is 36.4 Å². The first-order chi connectivity index (χ1) is 9.24. The summed E-state index contributed by atoms with van der Waals surface area (Å²) in [5.41, 5.74) is 2.60. The number of anilines is 1. The van der Waals surface area contributed by atoms with Gasteiger partial charge in [0.2, 0.25) is 0 Å². The van der Waals surface area contributed by atoms with Crippen molar-refractivity contribution in [2.24, 2.45) is 0 Å². The highest BCUT2D eigenvalue weighted by Gasteiger charge is 2.10. The maximum absolute atomic E-state index is 13.2. The van der Waals surface area contributed by atoms with Crippen LogP contribution in [0, 0.1) is 5.82 Å². The average Bonchev–Trinajstić information content (AvgIpc) is 2.46. The molecule has 1 aromatic carbocycles. The van der Waals surface area contributed by atoms with Crippen molar-refractivity contribution in [3.05, 3.63) is 59.7 Å². The third-order valence-electron chi connectivity index (χ3n) is 3.06. The molecular weight excluding hydrogens is 243 g/mol.